The van der Waals surface area contributed by atoms with Crippen molar-refractivity contribution in [2.45, 2.75) is 64.3 Å². The zero-order chi connectivity index (χ0) is 24.0. The first-order valence-electron chi connectivity index (χ1n) is 11.7. The number of hydrogen-bond acceptors (Lipinski definition) is 4. The molecule has 7 nitrogen and oxygen atoms in total. The predicted molar refractivity (Wildman–Crippen MR) is 131 cm³/mol. The third-order valence-electron chi connectivity index (χ3n) is 6.41. The van der Waals surface area contributed by atoms with Crippen LogP contribution in [0.5, 0.6) is 0 Å². The maximum atomic E-state index is 13.3. The molecule has 1 aromatic carbocycles. The van der Waals surface area contributed by atoms with E-state index in [0.717, 1.165) is 36.0 Å². The van der Waals surface area contributed by atoms with E-state index >= 15 is 0 Å². The van der Waals surface area contributed by atoms with E-state index in [1.165, 1.54) is 0 Å². The Balaban J connectivity index is 1.63. The Hall–Kier alpha value is -2.45. The molecule has 1 atom stereocenters. The van der Waals surface area contributed by atoms with Crippen molar-refractivity contribution in [2.75, 3.05) is 13.1 Å². The highest BCUT2D eigenvalue weighted by Crippen LogP contribution is 2.30. The third-order valence-corrected chi connectivity index (χ3v) is 8.29. The summed E-state index contributed by atoms with van der Waals surface area (Å²) < 4.78 is 31.5. The van der Waals surface area contributed by atoms with Crippen molar-refractivity contribution in [1.82, 2.24) is 18.4 Å². The lowest BCUT2D eigenvalue weighted by Crippen LogP contribution is -2.39. The Morgan fingerprint density at radius 2 is 1.79 bits per heavy atom. The summed E-state index contributed by atoms with van der Waals surface area (Å²) >= 11 is 0. The largest absolute Gasteiger partial charge is 0.330 e. The molecule has 1 saturated heterocycles. The van der Waals surface area contributed by atoms with Gasteiger partial charge in [-0.25, -0.2) is 18.2 Å². The highest BCUT2D eigenvalue weighted by molar-refractivity contribution is 7.89. The van der Waals surface area contributed by atoms with E-state index in [4.69, 9.17) is 4.98 Å². The van der Waals surface area contributed by atoms with E-state index < -0.39 is 10.0 Å². The molecule has 1 aliphatic rings. The Labute approximate surface area is 196 Å². The monoisotopic (exact) mass is 470 g/mol. The molecule has 0 radical (unpaired) electrons. The van der Waals surface area contributed by atoms with Crippen LogP contribution in [0.25, 0.3) is 11.2 Å². The number of fused-ring (bicyclic) bond motifs is 1. The first kappa shape index (κ1) is 23.7. The molecule has 0 saturated carbocycles. The van der Waals surface area contributed by atoms with E-state index in [-0.39, 0.29) is 17.0 Å². The zero-order valence-electron chi connectivity index (χ0n) is 20.2. The lowest BCUT2D eigenvalue weighted by molar-refractivity contribution is 0.313. The Morgan fingerprint density at radius 1 is 1.09 bits per heavy atom. The van der Waals surface area contributed by atoms with Crippen molar-refractivity contribution < 1.29 is 8.42 Å². The second kappa shape index (κ2) is 8.72. The predicted octanol–water partition coefficient (Wildman–Crippen LogP) is 3.91. The summed E-state index contributed by atoms with van der Waals surface area (Å²) in [4.78, 5) is 18.0. The number of sulfonamides is 1. The van der Waals surface area contributed by atoms with Crippen molar-refractivity contribution >= 4 is 21.2 Å². The van der Waals surface area contributed by atoms with E-state index in [1.54, 1.807) is 32.6 Å². The number of pyridine rings is 1. The normalized spacial score (nSPS) is 18.2. The van der Waals surface area contributed by atoms with Gasteiger partial charge in [0.2, 0.25) is 10.0 Å². The first-order valence-corrected chi connectivity index (χ1v) is 13.1. The molecule has 2 aromatic heterocycles. The average Bonchev–Trinajstić information content (AvgIpc) is 3.02. The summed E-state index contributed by atoms with van der Waals surface area (Å²) in [6.45, 7) is 9.88. The van der Waals surface area contributed by atoms with Crippen molar-refractivity contribution in [2.24, 2.45) is 12.5 Å². The molecule has 33 heavy (non-hydrogen) atoms. The van der Waals surface area contributed by atoms with Crippen molar-refractivity contribution in [3.63, 3.8) is 0 Å². The van der Waals surface area contributed by atoms with Crippen LogP contribution in [0.1, 0.15) is 57.7 Å². The number of rotatable bonds is 5. The fourth-order valence-electron chi connectivity index (χ4n) is 4.59. The van der Waals surface area contributed by atoms with E-state index in [9.17, 15) is 13.2 Å². The zero-order valence-corrected chi connectivity index (χ0v) is 21.0. The number of hydrogen-bond donors (Lipinski definition) is 0. The number of piperidine rings is 1. The van der Waals surface area contributed by atoms with Crippen LogP contribution < -0.4 is 5.69 Å². The minimum absolute atomic E-state index is 0.00564. The molecular formula is C25H34N4O3S. The lowest BCUT2D eigenvalue weighted by atomic mass is 9.95. The number of nitrogens with zero attached hydrogens (tertiary/aromatic N) is 4. The number of aromatic nitrogens is 3. The van der Waals surface area contributed by atoms with Crippen LogP contribution in [-0.4, -0.2) is 39.9 Å². The van der Waals surface area contributed by atoms with Gasteiger partial charge in [-0.2, -0.15) is 4.31 Å². The topological polar surface area (TPSA) is 77.2 Å². The SMILES string of the molecule is CCc1ccc(S(=O)(=O)N2CCCC(c3ccc4c(n3)n(C)c(=O)n4CC(C)(C)C)C2)cc1. The quantitative estimate of drug-likeness (QED) is 0.566. The van der Waals surface area contributed by atoms with Crippen molar-refractivity contribution in [3.05, 3.63) is 58.1 Å². The van der Waals surface area contributed by atoms with Crippen LogP contribution in [0.4, 0.5) is 0 Å². The molecule has 4 rings (SSSR count). The van der Waals surface area contributed by atoms with Crippen LogP contribution in [0.3, 0.4) is 0 Å². The highest BCUT2D eigenvalue weighted by Gasteiger charge is 2.32. The summed E-state index contributed by atoms with van der Waals surface area (Å²) in [5, 5.41) is 0. The van der Waals surface area contributed by atoms with Gasteiger partial charge in [0.25, 0.3) is 0 Å². The Morgan fingerprint density at radius 3 is 2.42 bits per heavy atom. The standard InChI is InChI=1S/C25H34N4O3S/c1-6-18-9-11-20(12-10-18)33(31,32)28-15-7-8-19(16-28)21-13-14-22-23(26-21)27(5)24(30)29(22)17-25(2,3)4/h9-14,19H,6-8,15-17H2,1-5H3. The van der Waals surface area contributed by atoms with Gasteiger partial charge in [0.1, 0.15) is 0 Å². The van der Waals surface area contributed by atoms with Gasteiger partial charge in [-0.1, -0.05) is 39.8 Å². The van der Waals surface area contributed by atoms with E-state index in [0.29, 0.717) is 30.2 Å². The molecule has 0 N–H and O–H groups in total. The van der Waals surface area contributed by atoms with Crippen LogP contribution in [0.15, 0.2) is 46.1 Å². The smallest absolute Gasteiger partial charge is 0.290 e. The van der Waals surface area contributed by atoms with Crippen LogP contribution in [0.2, 0.25) is 0 Å². The molecule has 3 heterocycles. The second-order valence-electron chi connectivity index (χ2n) is 10.3. The average molecular weight is 471 g/mol. The third kappa shape index (κ3) is 4.64. The van der Waals surface area contributed by atoms with Crippen molar-refractivity contribution in [3.8, 4) is 0 Å². The first-order chi connectivity index (χ1) is 15.5. The Kier molecular flexibility index (Phi) is 6.26. The summed E-state index contributed by atoms with van der Waals surface area (Å²) in [5.41, 5.74) is 3.31. The molecule has 1 unspecified atom stereocenters. The molecule has 178 valence electrons. The maximum Gasteiger partial charge on any atom is 0.330 e. The minimum Gasteiger partial charge on any atom is -0.290 e. The lowest BCUT2D eigenvalue weighted by Gasteiger charge is -2.31. The van der Waals surface area contributed by atoms with Gasteiger partial charge in [0, 0.05) is 38.3 Å². The molecule has 3 aromatic rings. The molecule has 8 heteroatoms. The minimum atomic E-state index is -3.56. The molecular weight excluding hydrogens is 436 g/mol. The molecule has 0 aliphatic carbocycles. The van der Waals surface area contributed by atoms with Crippen LogP contribution in [-0.2, 0) is 30.0 Å². The number of aryl methyl sites for hydroxylation is 2. The fraction of sp³-hybridized carbons (Fsp3) is 0.520. The molecule has 1 fully saturated rings. The molecule has 0 amide bonds. The number of imidazole rings is 1. The highest BCUT2D eigenvalue weighted by atomic mass is 32.2. The Bertz CT molecular complexity index is 1310. The van der Waals surface area contributed by atoms with Crippen molar-refractivity contribution in [1.29, 1.82) is 0 Å². The fourth-order valence-corrected chi connectivity index (χ4v) is 6.11. The summed E-state index contributed by atoms with van der Waals surface area (Å²) in [5.74, 6) is -0.00564. The summed E-state index contributed by atoms with van der Waals surface area (Å²) in [6.07, 6.45) is 2.52. The van der Waals surface area contributed by atoms with Crippen LogP contribution in [0, 0.1) is 5.41 Å². The van der Waals surface area contributed by atoms with Crippen LogP contribution >= 0.6 is 0 Å². The summed E-state index contributed by atoms with van der Waals surface area (Å²) in [7, 11) is -1.81. The van der Waals surface area contributed by atoms with E-state index in [2.05, 4.69) is 27.7 Å². The second-order valence-corrected chi connectivity index (χ2v) is 12.2. The molecule has 1 aliphatic heterocycles. The van der Waals surface area contributed by atoms with E-state index in [1.807, 2.05) is 24.3 Å². The van der Waals surface area contributed by atoms with Gasteiger partial charge in [0.15, 0.2) is 5.65 Å². The van der Waals surface area contributed by atoms with Gasteiger partial charge >= 0.3 is 5.69 Å². The molecule has 0 spiro atoms. The van der Waals surface area contributed by atoms with Gasteiger partial charge in [-0.3, -0.25) is 9.13 Å². The summed E-state index contributed by atoms with van der Waals surface area (Å²) in [6, 6.07) is 11.1. The van der Waals surface area contributed by atoms with Gasteiger partial charge in [0.05, 0.1) is 10.4 Å². The van der Waals surface area contributed by atoms with Gasteiger partial charge in [-0.15, -0.1) is 0 Å². The number of benzene rings is 1. The molecule has 0 bridgehead atoms. The maximum absolute atomic E-state index is 13.3. The van der Waals surface area contributed by atoms with Gasteiger partial charge < -0.3 is 0 Å². The van der Waals surface area contributed by atoms with Gasteiger partial charge in [-0.05, 0) is 54.5 Å².